The van der Waals surface area contributed by atoms with Crippen molar-refractivity contribution in [3.05, 3.63) is 42.2 Å². The molecule has 4 heteroatoms. The van der Waals surface area contributed by atoms with Gasteiger partial charge >= 0.3 is 0 Å². The number of aromatic amines is 1. The van der Waals surface area contributed by atoms with Crippen LogP contribution >= 0.6 is 0 Å². The summed E-state index contributed by atoms with van der Waals surface area (Å²) in [5.41, 5.74) is 3.34. The molecule has 2 aromatic rings. The Balaban J connectivity index is 2.18. The first-order valence-electron chi connectivity index (χ1n) is 6.31. The quantitative estimate of drug-likeness (QED) is 0.896. The molecule has 0 atom stereocenters. The number of hydrogen-bond acceptors (Lipinski definition) is 3. The van der Waals surface area contributed by atoms with Crippen molar-refractivity contribution in [2.75, 3.05) is 38.0 Å². The number of H-pyrrole nitrogens is 1. The lowest BCUT2D eigenvalue weighted by Gasteiger charge is -2.20. The van der Waals surface area contributed by atoms with Crippen LogP contribution in [0.5, 0.6) is 5.75 Å². The molecule has 0 saturated heterocycles. The van der Waals surface area contributed by atoms with E-state index in [0.29, 0.717) is 6.61 Å². The maximum absolute atomic E-state index is 5.85. The van der Waals surface area contributed by atoms with Crippen LogP contribution < -0.4 is 14.5 Å². The van der Waals surface area contributed by atoms with Gasteiger partial charge in [0.05, 0.1) is 5.69 Å². The largest absolute Gasteiger partial charge is 0.487 e. The van der Waals surface area contributed by atoms with Gasteiger partial charge in [0, 0.05) is 57.9 Å². The maximum atomic E-state index is 5.85. The summed E-state index contributed by atoms with van der Waals surface area (Å²) in [5, 5.41) is 0. The Kier molecular flexibility index (Phi) is 4.00. The Morgan fingerprint density at radius 1 is 1.00 bits per heavy atom. The van der Waals surface area contributed by atoms with Gasteiger partial charge in [-0.15, -0.1) is 0 Å². The molecule has 1 aromatic carbocycles. The molecule has 4 nitrogen and oxygen atoms in total. The lowest BCUT2D eigenvalue weighted by Crippen LogP contribution is -2.13. The summed E-state index contributed by atoms with van der Waals surface area (Å²) in [6, 6.07) is 10.2. The third-order valence-corrected chi connectivity index (χ3v) is 2.97. The minimum Gasteiger partial charge on any atom is -0.487 e. The van der Waals surface area contributed by atoms with Gasteiger partial charge in [0.2, 0.25) is 0 Å². The highest BCUT2D eigenvalue weighted by molar-refractivity contribution is 5.62. The molecule has 0 saturated carbocycles. The fourth-order valence-electron chi connectivity index (χ4n) is 1.79. The maximum Gasteiger partial charge on any atom is 0.128 e. The Labute approximate surface area is 114 Å². The molecule has 1 aromatic heterocycles. The number of hydrogen-bond donors (Lipinski definition) is 1. The lowest BCUT2D eigenvalue weighted by atomic mass is 10.2. The number of anilines is 2. The van der Waals surface area contributed by atoms with Gasteiger partial charge in [-0.1, -0.05) is 0 Å². The van der Waals surface area contributed by atoms with Gasteiger partial charge in [-0.05, 0) is 18.2 Å². The molecule has 0 radical (unpaired) electrons. The van der Waals surface area contributed by atoms with Crippen molar-refractivity contribution >= 4 is 11.4 Å². The van der Waals surface area contributed by atoms with Crippen LogP contribution in [0.15, 0.2) is 36.5 Å². The molecular formula is C15H21N3O. The van der Waals surface area contributed by atoms with E-state index in [1.54, 1.807) is 0 Å². The molecule has 0 unspecified atom stereocenters. The first-order valence-corrected chi connectivity index (χ1v) is 6.31. The molecule has 0 amide bonds. The molecule has 1 heterocycles. The van der Waals surface area contributed by atoms with Gasteiger partial charge in [0.15, 0.2) is 0 Å². The number of nitrogens with zero attached hydrogens (tertiary/aromatic N) is 2. The molecule has 0 bridgehead atoms. The summed E-state index contributed by atoms with van der Waals surface area (Å²) >= 11 is 0. The van der Waals surface area contributed by atoms with E-state index in [1.165, 1.54) is 0 Å². The molecular weight excluding hydrogens is 238 g/mol. The number of benzene rings is 1. The smallest absolute Gasteiger partial charge is 0.128 e. The SMILES string of the molecule is CN(C)c1cc(OCc2ccc[nH]2)cc(N(C)C)c1. The van der Waals surface area contributed by atoms with E-state index in [4.69, 9.17) is 4.74 Å². The van der Waals surface area contributed by atoms with Crippen molar-refractivity contribution < 1.29 is 4.74 Å². The van der Waals surface area contributed by atoms with E-state index in [2.05, 4.69) is 33.0 Å². The van der Waals surface area contributed by atoms with Crippen molar-refractivity contribution in [1.82, 2.24) is 4.98 Å². The Hall–Kier alpha value is -2.10. The number of aromatic nitrogens is 1. The predicted molar refractivity (Wildman–Crippen MR) is 80.2 cm³/mol. The van der Waals surface area contributed by atoms with Crippen LogP contribution in [0, 0.1) is 0 Å². The zero-order valence-corrected chi connectivity index (χ0v) is 12.0. The second-order valence-corrected chi connectivity index (χ2v) is 4.96. The minimum atomic E-state index is 0.552. The van der Waals surface area contributed by atoms with E-state index in [0.717, 1.165) is 22.8 Å². The van der Waals surface area contributed by atoms with Gasteiger partial charge in [-0.3, -0.25) is 0 Å². The average molecular weight is 259 g/mol. The van der Waals surface area contributed by atoms with Gasteiger partial charge in [0.1, 0.15) is 12.4 Å². The summed E-state index contributed by atoms with van der Waals surface area (Å²) in [7, 11) is 8.13. The molecule has 102 valence electrons. The topological polar surface area (TPSA) is 31.5 Å². The fourth-order valence-corrected chi connectivity index (χ4v) is 1.79. The van der Waals surface area contributed by atoms with Gasteiger partial charge in [-0.2, -0.15) is 0 Å². The van der Waals surface area contributed by atoms with Crippen molar-refractivity contribution in [2.45, 2.75) is 6.61 Å². The molecule has 0 aliphatic carbocycles. The summed E-state index contributed by atoms with van der Waals surface area (Å²) < 4.78 is 5.85. The monoisotopic (exact) mass is 259 g/mol. The molecule has 1 N–H and O–H groups in total. The summed E-state index contributed by atoms with van der Waals surface area (Å²) in [4.78, 5) is 7.29. The highest BCUT2D eigenvalue weighted by Crippen LogP contribution is 2.28. The zero-order chi connectivity index (χ0) is 13.8. The standard InChI is InChI=1S/C15H21N3O/c1-17(2)13-8-14(18(3)4)10-15(9-13)19-11-12-6-5-7-16-12/h5-10,16H,11H2,1-4H3. The lowest BCUT2D eigenvalue weighted by molar-refractivity contribution is 0.302. The van der Waals surface area contributed by atoms with Crippen LogP contribution in [-0.4, -0.2) is 33.2 Å². The normalized spacial score (nSPS) is 10.3. The molecule has 2 rings (SSSR count). The molecule has 0 aliphatic heterocycles. The second-order valence-electron chi connectivity index (χ2n) is 4.96. The van der Waals surface area contributed by atoms with Crippen molar-refractivity contribution in [1.29, 1.82) is 0 Å². The fraction of sp³-hybridized carbons (Fsp3) is 0.333. The molecule has 0 aliphatic rings. The van der Waals surface area contributed by atoms with Crippen LogP contribution in [0.4, 0.5) is 11.4 Å². The van der Waals surface area contributed by atoms with Gasteiger partial charge in [0.25, 0.3) is 0 Å². The van der Waals surface area contributed by atoms with Crippen LogP contribution in [0.2, 0.25) is 0 Å². The second kappa shape index (κ2) is 5.69. The third kappa shape index (κ3) is 3.44. The first kappa shape index (κ1) is 13.3. The van der Waals surface area contributed by atoms with E-state index < -0.39 is 0 Å². The molecule has 0 spiro atoms. The van der Waals surface area contributed by atoms with Crippen LogP contribution in [0.1, 0.15) is 5.69 Å². The van der Waals surface area contributed by atoms with E-state index in [-0.39, 0.29) is 0 Å². The first-order chi connectivity index (χ1) is 9.06. The number of ether oxygens (including phenoxy) is 1. The predicted octanol–water partition coefficient (Wildman–Crippen LogP) is 2.73. The highest BCUT2D eigenvalue weighted by Gasteiger charge is 2.06. The van der Waals surface area contributed by atoms with Crippen molar-refractivity contribution in [3.8, 4) is 5.75 Å². The third-order valence-electron chi connectivity index (χ3n) is 2.97. The van der Waals surface area contributed by atoms with E-state index >= 15 is 0 Å². The minimum absolute atomic E-state index is 0.552. The van der Waals surface area contributed by atoms with Crippen molar-refractivity contribution in [3.63, 3.8) is 0 Å². The number of rotatable bonds is 5. The molecule has 0 fully saturated rings. The van der Waals surface area contributed by atoms with Crippen LogP contribution in [0.3, 0.4) is 0 Å². The summed E-state index contributed by atoms with van der Waals surface area (Å²) in [6.45, 7) is 0.552. The van der Waals surface area contributed by atoms with Crippen LogP contribution in [0.25, 0.3) is 0 Å². The van der Waals surface area contributed by atoms with E-state index in [1.807, 2.05) is 46.5 Å². The number of nitrogens with one attached hydrogen (secondary N) is 1. The van der Waals surface area contributed by atoms with Crippen molar-refractivity contribution in [2.24, 2.45) is 0 Å². The van der Waals surface area contributed by atoms with Gasteiger partial charge in [-0.25, -0.2) is 0 Å². The van der Waals surface area contributed by atoms with Gasteiger partial charge < -0.3 is 19.5 Å². The Morgan fingerprint density at radius 2 is 1.63 bits per heavy atom. The molecule has 19 heavy (non-hydrogen) atoms. The Morgan fingerprint density at radius 3 is 2.11 bits per heavy atom. The summed E-state index contributed by atoms with van der Waals surface area (Å²) in [6.07, 6.45) is 1.90. The Bertz CT molecular complexity index is 492. The highest BCUT2D eigenvalue weighted by atomic mass is 16.5. The van der Waals surface area contributed by atoms with Crippen LogP contribution in [-0.2, 0) is 6.61 Å². The zero-order valence-electron chi connectivity index (χ0n) is 12.0. The van der Waals surface area contributed by atoms with E-state index in [9.17, 15) is 0 Å². The summed E-state index contributed by atoms with van der Waals surface area (Å²) in [5.74, 6) is 0.879. The average Bonchev–Trinajstić information content (AvgIpc) is 2.89.